The van der Waals surface area contributed by atoms with Crippen molar-refractivity contribution in [2.75, 3.05) is 21.1 Å². The molecular weight excluding hydrogens is 190 g/mol. The van der Waals surface area contributed by atoms with Crippen molar-refractivity contribution in [3.63, 3.8) is 0 Å². The Bertz CT molecular complexity index is 378. The first-order valence-corrected chi connectivity index (χ1v) is 4.80. The lowest BCUT2D eigenvalue weighted by atomic mass is 10.1. The van der Waals surface area contributed by atoms with E-state index in [1.165, 1.54) is 0 Å². The summed E-state index contributed by atoms with van der Waals surface area (Å²) in [5, 5.41) is 0. The fraction of sp³-hybridized carbons (Fsp3) is 0.333. The Morgan fingerprint density at radius 2 is 1.67 bits per heavy atom. The summed E-state index contributed by atoms with van der Waals surface area (Å²) in [6.07, 6.45) is 1.43. The number of aldehydes is 2. The van der Waals surface area contributed by atoms with Crippen LogP contribution in [0.1, 0.15) is 26.3 Å². The molecule has 0 radical (unpaired) electrons. The van der Waals surface area contributed by atoms with Gasteiger partial charge < -0.3 is 4.48 Å². The van der Waals surface area contributed by atoms with E-state index in [0.29, 0.717) is 17.4 Å². The highest BCUT2D eigenvalue weighted by Crippen LogP contribution is 2.12. The predicted octanol–water partition coefficient (Wildman–Crippen LogP) is 1.52. The molecule has 0 fully saturated rings. The van der Waals surface area contributed by atoms with Crippen molar-refractivity contribution in [1.82, 2.24) is 0 Å². The predicted molar refractivity (Wildman–Crippen MR) is 59.0 cm³/mol. The van der Waals surface area contributed by atoms with Crippen LogP contribution < -0.4 is 0 Å². The molecule has 0 heterocycles. The van der Waals surface area contributed by atoms with Crippen molar-refractivity contribution in [2.45, 2.75) is 6.54 Å². The molecule has 80 valence electrons. The third-order valence-corrected chi connectivity index (χ3v) is 2.06. The maximum Gasteiger partial charge on any atom is 0.150 e. The molecule has 15 heavy (non-hydrogen) atoms. The molecule has 0 unspecified atom stereocenters. The third-order valence-electron chi connectivity index (χ3n) is 2.06. The van der Waals surface area contributed by atoms with E-state index in [-0.39, 0.29) is 0 Å². The number of rotatable bonds is 4. The first-order valence-electron chi connectivity index (χ1n) is 4.80. The number of nitrogens with zero attached hydrogens (tertiary/aromatic N) is 1. The molecule has 0 bridgehead atoms. The van der Waals surface area contributed by atoms with E-state index in [2.05, 4.69) is 21.1 Å². The smallest absolute Gasteiger partial charge is 0.150 e. The molecule has 1 aromatic carbocycles. The van der Waals surface area contributed by atoms with E-state index in [4.69, 9.17) is 0 Å². The molecule has 0 aliphatic rings. The Kier molecular flexibility index (Phi) is 3.37. The summed E-state index contributed by atoms with van der Waals surface area (Å²) < 4.78 is 0.790. The van der Waals surface area contributed by atoms with Crippen LogP contribution in [-0.2, 0) is 6.54 Å². The van der Waals surface area contributed by atoms with Gasteiger partial charge in [0.05, 0.1) is 21.1 Å². The SMILES string of the molecule is C[N+](C)(C)Cc1ccc(C=O)c(C=O)c1. The van der Waals surface area contributed by atoms with Crippen molar-refractivity contribution < 1.29 is 14.1 Å². The number of quaternary nitrogens is 1. The standard InChI is InChI=1S/C12H16NO2/c1-13(2,3)7-10-4-5-11(8-14)12(6-10)9-15/h4-6,8-9H,7H2,1-3H3/q+1. The van der Waals surface area contributed by atoms with Crippen LogP contribution in [0.2, 0.25) is 0 Å². The zero-order chi connectivity index (χ0) is 11.5. The van der Waals surface area contributed by atoms with E-state index in [0.717, 1.165) is 22.9 Å². The van der Waals surface area contributed by atoms with Crippen molar-refractivity contribution in [3.8, 4) is 0 Å². The van der Waals surface area contributed by atoms with Crippen molar-refractivity contribution in [2.24, 2.45) is 0 Å². The molecule has 0 saturated heterocycles. The fourth-order valence-electron chi connectivity index (χ4n) is 1.48. The van der Waals surface area contributed by atoms with Crippen LogP contribution >= 0.6 is 0 Å². The average molecular weight is 206 g/mol. The second-order valence-corrected chi connectivity index (χ2v) is 4.65. The molecular formula is C12H16NO2+. The number of hydrogen-bond donors (Lipinski definition) is 0. The van der Waals surface area contributed by atoms with Gasteiger partial charge in [-0.15, -0.1) is 0 Å². The quantitative estimate of drug-likeness (QED) is 0.553. The van der Waals surface area contributed by atoms with E-state index < -0.39 is 0 Å². The van der Waals surface area contributed by atoms with Gasteiger partial charge in [-0.1, -0.05) is 12.1 Å². The van der Waals surface area contributed by atoms with Crippen molar-refractivity contribution in [1.29, 1.82) is 0 Å². The summed E-state index contributed by atoms with van der Waals surface area (Å²) in [4.78, 5) is 21.4. The average Bonchev–Trinajstić information content (AvgIpc) is 2.15. The monoisotopic (exact) mass is 206 g/mol. The second-order valence-electron chi connectivity index (χ2n) is 4.65. The number of hydrogen-bond acceptors (Lipinski definition) is 2. The molecule has 0 spiro atoms. The molecule has 1 rings (SSSR count). The normalized spacial score (nSPS) is 11.1. The molecule has 3 nitrogen and oxygen atoms in total. The van der Waals surface area contributed by atoms with Crippen LogP contribution in [0.5, 0.6) is 0 Å². The van der Waals surface area contributed by atoms with Gasteiger partial charge in [0.1, 0.15) is 6.54 Å². The Morgan fingerprint density at radius 3 is 2.13 bits per heavy atom. The molecule has 0 atom stereocenters. The minimum atomic E-state index is 0.454. The Morgan fingerprint density at radius 1 is 1.07 bits per heavy atom. The van der Waals surface area contributed by atoms with Gasteiger partial charge >= 0.3 is 0 Å². The molecule has 0 amide bonds. The lowest BCUT2D eigenvalue weighted by Gasteiger charge is -2.24. The molecule has 0 N–H and O–H groups in total. The molecule has 1 aromatic rings. The lowest BCUT2D eigenvalue weighted by molar-refractivity contribution is -0.884. The van der Waals surface area contributed by atoms with Crippen LogP contribution in [0.25, 0.3) is 0 Å². The van der Waals surface area contributed by atoms with E-state index in [1.807, 2.05) is 6.07 Å². The maximum atomic E-state index is 10.7. The maximum absolute atomic E-state index is 10.7. The minimum Gasteiger partial charge on any atom is -0.327 e. The van der Waals surface area contributed by atoms with Gasteiger partial charge in [-0.05, 0) is 6.07 Å². The third kappa shape index (κ3) is 3.29. The Hall–Kier alpha value is -1.48. The van der Waals surface area contributed by atoms with Crippen molar-refractivity contribution >= 4 is 12.6 Å². The highest BCUT2D eigenvalue weighted by molar-refractivity contribution is 5.90. The number of carbonyl (C=O) groups is 2. The summed E-state index contributed by atoms with van der Waals surface area (Å²) in [7, 11) is 6.23. The van der Waals surface area contributed by atoms with Crippen LogP contribution in [-0.4, -0.2) is 38.2 Å². The van der Waals surface area contributed by atoms with Gasteiger partial charge in [-0.25, -0.2) is 0 Å². The first kappa shape index (κ1) is 11.6. The summed E-state index contributed by atoms with van der Waals surface area (Å²) in [6.45, 7) is 0.833. The van der Waals surface area contributed by atoms with Gasteiger partial charge in [-0.2, -0.15) is 0 Å². The van der Waals surface area contributed by atoms with E-state index in [1.54, 1.807) is 12.1 Å². The van der Waals surface area contributed by atoms with Crippen molar-refractivity contribution in [3.05, 3.63) is 34.9 Å². The highest BCUT2D eigenvalue weighted by atomic mass is 16.1. The van der Waals surface area contributed by atoms with Crippen LogP contribution in [0, 0.1) is 0 Å². The molecule has 0 aliphatic carbocycles. The second kappa shape index (κ2) is 4.36. The lowest BCUT2D eigenvalue weighted by Crippen LogP contribution is -2.33. The summed E-state index contributed by atoms with van der Waals surface area (Å²) in [5.74, 6) is 0. The largest absolute Gasteiger partial charge is 0.327 e. The Balaban J connectivity index is 3.03. The van der Waals surface area contributed by atoms with Gasteiger partial charge in [0.15, 0.2) is 12.6 Å². The van der Waals surface area contributed by atoms with Crippen LogP contribution in [0.15, 0.2) is 18.2 Å². The zero-order valence-electron chi connectivity index (χ0n) is 9.36. The topological polar surface area (TPSA) is 34.1 Å². The highest BCUT2D eigenvalue weighted by Gasteiger charge is 2.10. The first-order chi connectivity index (χ1) is 6.96. The van der Waals surface area contributed by atoms with Gasteiger partial charge in [0.25, 0.3) is 0 Å². The fourth-order valence-corrected chi connectivity index (χ4v) is 1.48. The van der Waals surface area contributed by atoms with Crippen LogP contribution in [0.4, 0.5) is 0 Å². The minimum absolute atomic E-state index is 0.454. The van der Waals surface area contributed by atoms with Gasteiger partial charge in [0.2, 0.25) is 0 Å². The van der Waals surface area contributed by atoms with Gasteiger partial charge in [-0.3, -0.25) is 9.59 Å². The number of carbonyl (C=O) groups excluding carboxylic acids is 2. The Labute approximate surface area is 89.9 Å². The zero-order valence-corrected chi connectivity index (χ0v) is 9.36. The van der Waals surface area contributed by atoms with Gasteiger partial charge in [0, 0.05) is 16.7 Å². The summed E-state index contributed by atoms with van der Waals surface area (Å²) in [5.41, 5.74) is 1.99. The van der Waals surface area contributed by atoms with E-state index >= 15 is 0 Å². The molecule has 0 aromatic heterocycles. The molecule has 3 heteroatoms. The number of benzene rings is 1. The summed E-state index contributed by atoms with van der Waals surface area (Å²) >= 11 is 0. The molecule has 0 aliphatic heterocycles. The summed E-state index contributed by atoms with van der Waals surface area (Å²) in [6, 6.07) is 5.36. The molecule has 0 saturated carbocycles. The van der Waals surface area contributed by atoms with Crippen LogP contribution in [0.3, 0.4) is 0 Å². The van der Waals surface area contributed by atoms with E-state index in [9.17, 15) is 9.59 Å².